The van der Waals surface area contributed by atoms with E-state index in [1.54, 1.807) is 7.11 Å². The number of aromatic nitrogens is 2. The lowest BCUT2D eigenvalue weighted by Gasteiger charge is -2.36. The highest BCUT2D eigenvalue weighted by atomic mass is 16.5. The van der Waals surface area contributed by atoms with Gasteiger partial charge in [0.05, 0.1) is 6.10 Å². The summed E-state index contributed by atoms with van der Waals surface area (Å²) in [5, 5.41) is 0. The molecular formula is C13H22N4O. The van der Waals surface area contributed by atoms with Crippen LogP contribution in [0.4, 0.5) is 5.95 Å². The van der Waals surface area contributed by atoms with Gasteiger partial charge in [-0.05, 0) is 19.3 Å². The molecule has 2 unspecified atom stereocenters. The first-order valence-corrected chi connectivity index (χ1v) is 6.46. The average Bonchev–Trinajstić information content (AvgIpc) is 2.39. The molecule has 2 heterocycles. The van der Waals surface area contributed by atoms with Crippen LogP contribution in [-0.4, -0.2) is 36.3 Å². The molecule has 0 amide bonds. The molecule has 0 aliphatic carbocycles. The van der Waals surface area contributed by atoms with Crippen LogP contribution in [0, 0.1) is 12.8 Å². The molecule has 1 aromatic heterocycles. The van der Waals surface area contributed by atoms with Crippen LogP contribution in [0.25, 0.3) is 0 Å². The Morgan fingerprint density at radius 1 is 1.56 bits per heavy atom. The van der Waals surface area contributed by atoms with Crippen LogP contribution >= 0.6 is 0 Å². The molecule has 0 bridgehead atoms. The van der Waals surface area contributed by atoms with Gasteiger partial charge < -0.3 is 15.4 Å². The monoisotopic (exact) mass is 250 g/mol. The summed E-state index contributed by atoms with van der Waals surface area (Å²) in [6, 6.07) is 0. The minimum atomic E-state index is 0.261. The van der Waals surface area contributed by atoms with Crippen LogP contribution < -0.4 is 10.6 Å². The summed E-state index contributed by atoms with van der Waals surface area (Å²) in [5.41, 5.74) is 7.60. The Kier molecular flexibility index (Phi) is 4.14. The maximum atomic E-state index is 5.63. The molecule has 0 saturated carbocycles. The second-order valence-corrected chi connectivity index (χ2v) is 4.97. The third kappa shape index (κ3) is 2.62. The van der Waals surface area contributed by atoms with Crippen molar-refractivity contribution in [1.29, 1.82) is 0 Å². The lowest BCUT2D eigenvalue weighted by Crippen LogP contribution is -2.44. The summed E-state index contributed by atoms with van der Waals surface area (Å²) in [5.74, 6) is 1.38. The predicted molar refractivity (Wildman–Crippen MR) is 71.5 cm³/mol. The Morgan fingerprint density at radius 2 is 2.33 bits per heavy atom. The van der Waals surface area contributed by atoms with Crippen molar-refractivity contribution in [3.8, 4) is 0 Å². The Morgan fingerprint density at radius 3 is 2.94 bits per heavy atom. The molecule has 1 saturated heterocycles. The lowest BCUT2D eigenvalue weighted by molar-refractivity contribution is 0.0494. The molecule has 18 heavy (non-hydrogen) atoms. The van der Waals surface area contributed by atoms with Gasteiger partial charge in [0, 0.05) is 44.2 Å². The van der Waals surface area contributed by atoms with E-state index in [-0.39, 0.29) is 6.10 Å². The molecule has 5 heteroatoms. The summed E-state index contributed by atoms with van der Waals surface area (Å²) >= 11 is 0. The number of methoxy groups -OCH3 is 1. The summed E-state index contributed by atoms with van der Waals surface area (Å²) in [7, 11) is 1.77. The van der Waals surface area contributed by atoms with Crippen LogP contribution in [-0.2, 0) is 11.3 Å². The summed E-state index contributed by atoms with van der Waals surface area (Å²) in [4.78, 5) is 11.1. The van der Waals surface area contributed by atoms with Gasteiger partial charge in [-0.15, -0.1) is 0 Å². The van der Waals surface area contributed by atoms with Gasteiger partial charge in [0.2, 0.25) is 5.95 Å². The van der Waals surface area contributed by atoms with Gasteiger partial charge in [0.1, 0.15) is 0 Å². The average molecular weight is 250 g/mol. The standard InChI is InChI=1S/C13H22N4O/c1-9-4-5-17(8-12(9)18-3)13-15-7-11(6-14)10(2)16-13/h7,9,12H,4-6,8,14H2,1-3H3. The number of nitrogens with zero attached hydrogens (tertiary/aromatic N) is 3. The zero-order chi connectivity index (χ0) is 13.1. The molecule has 1 aliphatic rings. The number of rotatable bonds is 3. The van der Waals surface area contributed by atoms with Gasteiger partial charge in [0.15, 0.2) is 0 Å². The van der Waals surface area contributed by atoms with E-state index in [4.69, 9.17) is 10.5 Å². The van der Waals surface area contributed by atoms with Crippen molar-refractivity contribution in [2.45, 2.75) is 32.9 Å². The zero-order valence-electron chi connectivity index (χ0n) is 11.4. The topological polar surface area (TPSA) is 64.3 Å². The normalized spacial score (nSPS) is 24.3. The fraction of sp³-hybridized carbons (Fsp3) is 0.692. The fourth-order valence-corrected chi connectivity index (χ4v) is 2.35. The molecule has 2 N–H and O–H groups in total. The number of hydrogen-bond acceptors (Lipinski definition) is 5. The van der Waals surface area contributed by atoms with E-state index in [1.807, 2.05) is 13.1 Å². The molecule has 0 aromatic carbocycles. The largest absolute Gasteiger partial charge is 0.379 e. The maximum absolute atomic E-state index is 5.63. The number of nitrogens with two attached hydrogens (primary N) is 1. The first-order valence-electron chi connectivity index (χ1n) is 6.46. The van der Waals surface area contributed by atoms with E-state index in [1.165, 1.54) is 0 Å². The first kappa shape index (κ1) is 13.2. The second-order valence-electron chi connectivity index (χ2n) is 4.97. The van der Waals surface area contributed by atoms with Gasteiger partial charge >= 0.3 is 0 Å². The Bertz CT molecular complexity index is 410. The van der Waals surface area contributed by atoms with Crippen molar-refractivity contribution < 1.29 is 4.74 Å². The van der Waals surface area contributed by atoms with E-state index in [0.717, 1.165) is 36.7 Å². The first-order chi connectivity index (χ1) is 8.65. The van der Waals surface area contributed by atoms with Crippen molar-refractivity contribution in [1.82, 2.24) is 9.97 Å². The third-order valence-corrected chi connectivity index (χ3v) is 3.76. The van der Waals surface area contributed by atoms with Crippen molar-refractivity contribution in [3.05, 3.63) is 17.5 Å². The number of piperidine rings is 1. The molecule has 5 nitrogen and oxygen atoms in total. The van der Waals surface area contributed by atoms with Crippen LogP contribution in [0.5, 0.6) is 0 Å². The van der Waals surface area contributed by atoms with E-state index < -0.39 is 0 Å². The van der Waals surface area contributed by atoms with Crippen LogP contribution in [0.3, 0.4) is 0 Å². The van der Waals surface area contributed by atoms with E-state index in [9.17, 15) is 0 Å². The molecule has 0 radical (unpaired) electrons. The highest BCUT2D eigenvalue weighted by molar-refractivity contribution is 5.34. The summed E-state index contributed by atoms with van der Waals surface area (Å²) in [6.45, 7) is 6.55. The fourth-order valence-electron chi connectivity index (χ4n) is 2.35. The van der Waals surface area contributed by atoms with E-state index >= 15 is 0 Å². The predicted octanol–water partition coefficient (Wildman–Crippen LogP) is 1.10. The number of ether oxygens (including phenoxy) is 1. The van der Waals surface area contributed by atoms with Crippen LogP contribution in [0.2, 0.25) is 0 Å². The molecule has 1 aliphatic heterocycles. The Hall–Kier alpha value is -1.20. The van der Waals surface area contributed by atoms with Crippen LogP contribution in [0.15, 0.2) is 6.20 Å². The SMILES string of the molecule is COC1CN(c2ncc(CN)c(C)n2)CCC1C. The molecule has 1 aromatic rings. The van der Waals surface area contributed by atoms with Gasteiger partial charge in [0.25, 0.3) is 0 Å². The van der Waals surface area contributed by atoms with E-state index in [2.05, 4.69) is 21.8 Å². The molecular weight excluding hydrogens is 228 g/mol. The Labute approximate surface area is 108 Å². The third-order valence-electron chi connectivity index (χ3n) is 3.76. The maximum Gasteiger partial charge on any atom is 0.225 e. The van der Waals surface area contributed by atoms with Gasteiger partial charge in [-0.2, -0.15) is 0 Å². The molecule has 0 spiro atoms. The minimum Gasteiger partial charge on any atom is -0.379 e. The second kappa shape index (κ2) is 5.63. The van der Waals surface area contributed by atoms with Crippen molar-refractivity contribution in [2.24, 2.45) is 11.7 Å². The lowest BCUT2D eigenvalue weighted by atomic mass is 9.96. The smallest absolute Gasteiger partial charge is 0.225 e. The van der Waals surface area contributed by atoms with Crippen molar-refractivity contribution in [2.75, 3.05) is 25.1 Å². The highest BCUT2D eigenvalue weighted by Gasteiger charge is 2.27. The summed E-state index contributed by atoms with van der Waals surface area (Å²) < 4.78 is 5.51. The number of aryl methyl sites for hydroxylation is 1. The van der Waals surface area contributed by atoms with Crippen molar-refractivity contribution >= 4 is 5.95 Å². The highest BCUT2D eigenvalue weighted by Crippen LogP contribution is 2.22. The van der Waals surface area contributed by atoms with Crippen molar-refractivity contribution in [3.63, 3.8) is 0 Å². The number of hydrogen-bond donors (Lipinski definition) is 1. The molecule has 2 rings (SSSR count). The van der Waals surface area contributed by atoms with Crippen LogP contribution in [0.1, 0.15) is 24.6 Å². The number of anilines is 1. The quantitative estimate of drug-likeness (QED) is 0.870. The Balaban J connectivity index is 2.14. The summed E-state index contributed by atoms with van der Waals surface area (Å²) in [6.07, 6.45) is 3.20. The van der Waals surface area contributed by atoms with Gasteiger partial charge in [-0.25, -0.2) is 9.97 Å². The van der Waals surface area contributed by atoms with E-state index in [0.29, 0.717) is 12.5 Å². The van der Waals surface area contributed by atoms with Gasteiger partial charge in [-0.1, -0.05) is 6.92 Å². The minimum absolute atomic E-state index is 0.261. The molecule has 100 valence electrons. The zero-order valence-corrected chi connectivity index (χ0v) is 11.4. The molecule has 2 atom stereocenters. The molecule has 1 fully saturated rings. The van der Waals surface area contributed by atoms with Gasteiger partial charge in [-0.3, -0.25) is 0 Å².